The number of hydrogen-bond acceptors (Lipinski definition) is 3. The summed E-state index contributed by atoms with van der Waals surface area (Å²) in [6, 6.07) is 0.320. The molecule has 16 heavy (non-hydrogen) atoms. The van der Waals surface area contributed by atoms with Crippen LogP contribution in [0.2, 0.25) is 0 Å². The first-order chi connectivity index (χ1) is 7.54. The fraction of sp³-hybridized carbons (Fsp3) is 0.917. The van der Waals surface area contributed by atoms with Gasteiger partial charge >= 0.3 is 0 Å². The molecule has 0 aromatic rings. The monoisotopic (exact) mass is 227 g/mol. The Hall–Kier alpha value is -0.610. The lowest BCUT2D eigenvalue weighted by molar-refractivity contribution is -0.122. The number of nitrogens with one attached hydrogen (secondary N) is 2. The topological polar surface area (TPSA) is 44.4 Å². The number of nitrogens with zero attached hydrogens (tertiary/aromatic N) is 1. The van der Waals surface area contributed by atoms with Crippen LogP contribution in [0, 0.1) is 5.92 Å². The molecule has 2 unspecified atom stereocenters. The van der Waals surface area contributed by atoms with Crippen molar-refractivity contribution in [3.05, 3.63) is 0 Å². The van der Waals surface area contributed by atoms with E-state index in [0.29, 0.717) is 12.0 Å². The predicted octanol–water partition coefficient (Wildman–Crippen LogP) is 0.441. The summed E-state index contributed by atoms with van der Waals surface area (Å²) in [5.74, 6) is 0.767. The van der Waals surface area contributed by atoms with E-state index in [1.165, 1.54) is 25.9 Å². The molecule has 1 rings (SSSR count). The van der Waals surface area contributed by atoms with Crippen LogP contribution in [-0.2, 0) is 4.79 Å². The molecular formula is C12H25N3O. The third kappa shape index (κ3) is 3.76. The minimum Gasteiger partial charge on any atom is -0.358 e. The Morgan fingerprint density at radius 1 is 1.31 bits per heavy atom. The van der Waals surface area contributed by atoms with E-state index < -0.39 is 0 Å². The molecule has 1 heterocycles. The van der Waals surface area contributed by atoms with Gasteiger partial charge in [-0.25, -0.2) is 0 Å². The van der Waals surface area contributed by atoms with Gasteiger partial charge in [-0.1, -0.05) is 0 Å². The number of carbonyl (C=O) groups is 1. The van der Waals surface area contributed by atoms with E-state index in [2.05, 4.69) is 29.5 Å². The summed E-state index contributed by atoms with van der Waals surface area (Å²) < 4.78 is 0. The van der Waals surface area contributed by atoms with Crippen molar-refractivity contribution in [2.24, 2.45) is 5.92 Å². The first kappa shape index (κ1) is 13.5. The number of piperidine rings is 1. The van der Waals surface area contributed by atoms with Gasteiger partial charge in [-0.15, -0.1) is 0 Å². The Bertz CT molecular complexity index is 224. The molecule has 2 atom stereocenters. The zero-order chi connectivity index (χ0) is 12.1. The van der Waals surface area contributed by atoms with E-state index in [1.54, 1.807) is 7.05 Å². The third-order valence-corrected chi connectivity index (χ3v) is 3.62. The van der Waals surface area contributed by atoms with Crippen molar-refractivity contribution >= 4 is 5.91 Å². The molecule has 4 heteroatoms. The highest BCUT2D eigenvalue weighted by molar-refractivity contribution is 5.80. The van der Waals surface area contributed by atoms with Gasteiger partial charge in [-0.05, 0) is 52.7 Å². The van der Waals surface area contributed by atoms with Gasteiger partial charge in [0, 0.05) is 13.1 Å². The molecule has 0 aromatic heterocycles. The SMILES string of the molecule is CNC(=O)C(C)NC(C)C1CCN(C)CC1. The number of likely N-dealkylation sites (N-methyl/N-ethyl adjacent to an activating group) is 1. The van der Waals surface area contributed by atoms with Crippen LogP contribution in [0.4, 0.5) is 0 Å². The number of likely N-dealkylation sites (tertiary alicyclic amines) is 1. The first-order valence-corrected chi connectivity index (χ1v) is 6.20. The molecule has 1 aliphatic heterocycles. The Labute approximate surface area is 98.8 Å². The summed E-state index contributed by atoms with van der Waals surface area (Å²) in [7, 11) is 3.85. The summed E-state index contributed by atoms with van der Waals surface area (Å²) in [6.07, 6.45) is 2.45. The van der Waals surface area contributed by atoms with Crippen LogP contribution in [0.5, 0.6) is 0 Å². The van der Waals surface area contributed by atoms with E-state index in [-0.39, 0.29) is 11.9 Å². The van der Waals surface area contributed by atoms with Crippen LogP contribution in [0.3, 0.4) is 0 Å². The maximum atomic E-state index is 11.4. The van der Waals surface area contributed by atoms with Crippen LogP contribution in [0.1, 0.15) is 26.7 Å². The van der Waals surface area contributed by atoms with Crippen molar-refractivity contribution in [2.75, 3.05) is 27.2 Å². The quantitative estimate of drug-likeness (QED) is 0.732. The number of carbonyl (C=O) groups excluding carboxylic acids is 1. The summed E-state index contributed by atoms with van der Waals surface area (Å²) in [6.45, 7) is 6.45. The van der Waals surface area contributed by atoms with Crippen molar-refractivity contribution in [1.82, 2.24) is 15.5 Å². The van der Waals surface area contributed by atoms with Gasteiger partial charge in [0.05, 0.1) is 6.04 Å². The van der Waals surface area contributed by atoms with Crippen molar-refractivity contribution in [1.29, 1.82) is 0 Å². The zero-order valence-electron chi connectivity index (χ0n) is 10.9. The van der Waals surface area contributed by atoms with E-state index in [4.69, 9.17) is 0 Å². The van der Waals surface area contributed by atoms with Gasteiger partial charge in [0.2, 0.25) is 5.91 Å². The number of rotatable bonds is 4. The predicted molar refractivity (Wildman–Crippen MR) is 66.3 cm³/mol. The smallest absolute Gasteiger partial charge is 0.236 e. The normalized spacial score (nSPS) is 22.8. The highest BCUT2D eigenvalue weighted by Crippen LogP contribution is 2.19. The van der Waals surface area contributed by atoms with Crippen LogP contribution < -0.4 is 10.6 Å². The molecule has 0 saturated carbocycles. The fourth-order valence-electron chi connectivity index (χ4n) is 2.35. The molecule has 1 saturated heterocycles. The van der Waals surface area contributed by atoms with Crippen molar-refractivity contribution in [2.45, 2.75) is 38.8 Å². The maximum Gasteiger partial charge on any atom is 0.236 e. The molecule has 0 aromatic carbocycles. The van der Waals surface area contributed by atoms with Crippen LogP contribution in [-0.4, -0.2) is 50.1 Å². The molecule has 0 spiro atoms. The molecule has 0 aliphatic carbocycles. The highest BCUT2D eigenvalue weighted by atomic mass is 16.2. The second-order valence-electron chi connectivity index (χ2n) is 4.93. The highest BCUT2D eigenvalue weighted by Gasteiger charge is 2.24. The van der Waals surface area contributed by atoms with Crippen molar-refractivity contribution < 1.29 is 4.79 Å². The Balaban J connectivity index is 2.34. The molecule has 2 N–H and O–H groups in total. The Morgan fingerprint density at radius 3 is 2.38 bits per heavy atom. The second-order valence-corrected chi connectivity index (χ2v) is 4.93. The molecule has 0 radical (unpaired) electrons. The van der Waals surface area contributed by atoms with Gasteiger partial charge in [-0.2, -0.15) is 0 Å². The molecule has 1 fully saturated rings. The van der Waals surface area contributed by atoms with Crippen molar-refractivity contribution in [3.8, 4) is 0 Å². The van der Waals surface area contributed by atoms with Gasteiger partial charge in [0.25, 0.3) is 0 Å². The lowest BCUT2D eigenvalue weighted by atomic mass is 9.90. The van der Waals surface area contributed by atoms with E-state index in [0.717, 1.165) is 0 Å². The van der Waals surface area contributed by atoms with Gasteiger partial charge in [0.1, 0.15) is 0 Å². The summed E-state index contributed by atoms with van der Waals surface area (Å²) >= 11 is 0. The van der Waals surface area contributed by atoms with Crippen LogP contribution >= 0.6 is 0 Å². The third-order valence-electron chi connectivity index (χ3n) is 3.62. The second kappa shape index (κ2) is 6.21. The van der Waals surface area contributed by atoms with Crippen molar-refractivity contribution in [3.63, 3.8) is 0 Å². The molecule has 0 bridgehead atoms. The Morgan fingerprint density at radius 2 is 1.88 bits per heavy atom. The average Bonchev–Trinajstić information content (AvgIpc) is 2.28. The summed E-state index contributed by atoms with van der Waals surface area (Å²) in [5.41, 5.74) is 0. The maximum absolute atomic E-state index is 11.4. The fourth-order valence-corrected chi connectivity index (χ4v) is 2.35. The standard InChI is InChI=1S/C12H25N3O/c1-9(14-10(2)12(16)13-3)11-5-7-15(4)8-6-11/h9-11,14H,5-8H2,1-4H3,(H,13,16). The van der Waals surface area contributed by atoms with Crippen LogP contribution in [0.25, 0.3) is 0 Å². The molecular weight excluding hydrogens is 202 g/mol. The van der Waals surface area contributed by atoms with Gasteiger partial charge in [-0.3, -0.25) is 4.79 Å². The first-order valence-electron chi connectivity index (χ1n) is 6.20. The number of amides is 1. The minimum atomic E-state index is -0.0975. The van der Waals surface area contributed by atoms with Gasteiger partial charge < -0.3 is 15.5 Å². The molecule has 1 aliphatic rings. The summed E-state index contributed by atoms with van der Waals surface area (Å²) in [5, 5.41) is 6.05. The van der Waals surface area contributed by atoms with E-state index in [1.807, 2.05) is 6.92 Å². The minimum absolute atomic E-state index is 0.0692. The van der Waals surface area contributed by atoms with E-state index >= 15 is 0 Å². The van der Waals surface area contributed by atoms with E-state index in [9.17, 15) is 4.79 Å². The average molecular weight is 227 g/mol. The molecule has 4 nitrogen and oxygen atoms in total. The molecule has 1 amide bonds. The van der Waals surface area contributed by atoms with Crippen LogP contribution in [0.15, 0.2) is 0 Å². The number of hydrogen-bond donors (Lipinski definition) is 2. The zero-order valence-corrected chi connectivity index (χ0v) is 10.9. The Kier molecular flexibility index (Phi) is 5.22. The molecule has 94 valence electrons. The lowest BCUT2D eigenvalue weighted by Gasteiger charge is -2.34. The summed E-state index contributed by atoms with van der Waals surface area (Å²) in [4.78, 5) is 13.8. The lowest BCUT2D eigenvalue weighted by Crippen LogP contribution is -2.49. The van der Waals surface area contributed by atoms with Gasteiger partial charge in [0.15, 0.2) is 0 Å². The largest absolute Gasteiger partial charge is 0.358 e.